The first kappa shape index (κ1) is 21.6. The number of sulfone groups is 1. The van der Waals surface area contributed by atoms with Crippen LogP contribution in [0.15, 0.2) is 63.6 Å². The molecule has 0 spiro atoms. The van der Waals surface area contributed by atoms with Gasteiger partial charge in [-0.3, -0.25) is 0 Å². The maximum atomic E-state index is 12.8. The predicted octanol–water partition coefficient (Wildman–Crippen LogP) is 5.03. The molecule has 0 unspecified atom stereocenters. The predicted molar refractivity (Wildman–Crippen MR) is 110 cm³/mol. The Morgan fingerprint density at radius 1 is 1.07 bits per heavy atom. The van der Waals surface area contributed by atoms with Crippen LogP contribution in [0.4, 0.5) is 0 Å². The van der Waals surface area contributed by atoms with E-state index in [0.29, 0.717) is 20.6 Å². The highest BCUT2D eigenvalue weighted by Gasteiger charge is 2.20. The molecule has 0 fully saturated rings. The third kappa shape index (κ3) is 5.87. The van der Waals surface area contributed by atoms with Gasteiger partial charge in [-0.1, -0.05) is 46.0 Å². The summed E-state index contributed by atoms with van der Waals surface area (Å²) in [4.78, 5) is 6.85. The number of halogens is 3. The Balaban J connectivity index is 2.22. The lowest BCUT2D eigenvalue weighted by atomic mass is 10.2. The van der Waals surface area contributed by atoms with E-state index < -0.39 is 9.84 Å². The maximum absolute atomic E-state index is 12.8. The molecule has 2 aromatic rings. The molecule has 0 saturated heterocycles. The first-order valence-electron chi connectivity index (χ1n) is 7.69. The fourth-order valence-electron chi connectivity index (χ4n) is 2.04. The molecular weight excluding hydrogens is 431 g/mol. The van der Waals surface area contributed by atoms with Gasteiger partial charge in [-0.05, 0) is 36.4 Å². The molecule has 0 atom stereocenters. The summed E-state index contributed by atoms with van der Waals surface area (Å²) in [5.41, 5.74) is 0.566. The summed E-state index contributed by atoms with van der Waals surface area (Å²) in [6, 6.07) is 11.0. The minimum absolute atomic E-state index is 0.00520. The average molecular weight is 448 g/mol. The highest BCUT2D eigenvalue weighted by molar-refractivity contribution is 7.96. The zero-order valence-electron chi connectivity index (χ0n) is 14.6. The SMILES string of the molecule is CN(C)/C=C(\C=N/OCc1c(Cl)cccc1Cl)S(=O)(=O)c1ccc(Cl)cc1. The minimum Gasteiger partial charge on any atom is -0.391 e. The molecule has 0 heterocycles. The number of hydrogen-bond donors (Lipinski definition) is 0. The van der Waals surface area contributed by atoms with Gasteiger partial charge in [0.1, 0.15) is 11.5 Å². The fraction of sp³-hybridized carbons (Fsp3) is 0.167. The number of hydrogen-bond acceptors (Lipinski definition) is 5. The van der Waals surface area contributed by atoms with Crippen molar-refractivity contribution in [3.05, 3.63) is 74.2 Å². The van der Waals surface area contributed by atoms with Gasteiger partial charge in [-0.15, -0.1) is 0 Å². The first-order chi connectivity index (χ1) is 12.7. The molecule has 0 bridgehead atoms. The van der Waals surface area contributed by atoms with Crippen molar-refractivity contribution in [1.82, 2.24) is 4.90 Å². The number of allylic oxidation sites excluding steroid dienone is 1. The molecule has 9 heteroatoms. The van der Waals surface area contributed by atoms with Crippen molar-refractivity contribution in [2.24, 2.45) is 5.16 Å². The van der Waals surface area contributed by atoms with Crippen LogP contribution in [0.5, 0.6) is 0 Å². The van der Waals surface area contributed by atoms with Crippen molar-refractivity contribution in [2.75, 3.05) is 14.1 Å². The first-order valence-corrected chi connectivity index (χ1v) is 10.3. The molecule has 0 radical (unpaired) electrons. The van der Waals surface area contributed by atoms with Gasteiger partial charge in [0.05, 0.1) is 11.1 Å². The van der Waals surface area contributed by atoms with E-state index in [-0.39, 0.29) is 16.4 Å². The molecule has 0 N–H and O–H groups in total. The minimum atomic E-state index is -3.79. The van der Waals surface area contributed by atoms with Gasteiger partial charge >= 0.3 is 0 Å². The summed E-state index contributed by atoms with van der Waals surface area (Å²) in [7, 11) is -0.387. The van der Waals surface area contributed by atoms with Gasteiger partial charge in [0.25, 0.3) is 0 Å². The second-order valence-electron chi connectivity index (χ2n) is 5.66. The topological polar surface area (TPSA) is 59.0 Å². The van der Waals surface area contributed by atoms with Crippen LogP contribution in [-0.2, 0) is 21.3 Å². The molecule has 0 aliphatic rings. The van der Waals surface area contributed by atoms with E-state index in [4.69, 9.17) is 39.6 Å². The third-order valence-corrected chi connectivity index (χ3v) is 6.03. The van der Waals surface area contributed by atoms with Crippen LogP contribution in [0.2, 0.25) is 15.1 Å². The van der Waals surface area contributed by atoms with Crippen molar-refractivity contribution in [3.8, 4) is 0 Å². The van der Waals surface area contributed by atoms with Gasteiger partial charge < -0.3 is 9.74 Å². The van der Waals surface area contributed by atoms with Crippen LogP contribution < -0.4 is 0 Å². The van der Waals surface area contributed by atoms with Gasteiger partial charge in [0.15, 0.2) is 0 Å². The average Bonchev–Trinajstić information content (AvgIpc) is 2.59. The van der Waals surface area contributed by atoms with E-state index in [0.717, 1.165) is 6.21 Å². The number of oxime groups is 1. The summed E-state index contributed by atoms with van der Waals surface area (Å²) >= 11 is 18.0. The van der Waals surface area contributed by atoms with Crippen LogP contribution in [0.25, 0.3) is 0 Å². The molecular formula is C18H17Cl3N2O3S. The smallest absolute Gasteiger partial charge is 0.209 e. The Morgan fingerprint density at radius 2 is 1.67 bits per heavy atom. The van der Waals surface area contributed by atoms with Gasteiger partial charge in [-0.25, -0.2) is 8.42 Å². The fourth-order valence-corrected chi connectivity index (χ4v) is 3.97. The van der Waals surface area contributed by atoms with E-state index >= 15 is 0 Å². The Hall–Kier alpha value is -1.73. The Morgan fingerprint density at radius 3 is 2.22 bits per heavy atom. The summed E-state index contributed by atoms with van der Waals surface area (Å²) in [5, 5.41) is 5.09. The highest BCUT2D eigenvalue weighted by Crippen LogP contribution is 2.25. The Labute approximate surface area is 173 Å². The molecule has 0 saturated carbocycles. The Bertz CT molecular complexity index is 936. The van der Waals surface area contributed by atoms with Crippen molar-refractivity contribution in [2.45, 2.75) is 11.5 Å². The summed E-state index contributed by atoms with van der Waals surface area (Å²) in [6.45, 7) is 0.00520. The summed E-state index contributed by atoms with van der Waals surface area (Å²) in [5.74, 6) is 0. The van der Waals surface area contributed by atoms with Crippen LogP contribution in [0.1, 0.15) is 5.56 Å². The van der Waals surface area contributed by atoms with Gasteiger partial charge in [0, 0.05) is 40.9 Å². The van der Waals surface area contributed by atoms with Crippen molar-refractivity contribution >= 4 is 50.9 Å². The van der Waals surface area contributed by atoms with Crippen molar-refractivity contribution in [3.63, 3.8) is 0 Å². The molecule has 2 aromatic carbocycles. The Kier molecular flexibility index (Phi) is 7.56. The summed E-state index contributed by atoms with van der Waals surface area (Å²) in [6.07, 6.45) is 2.56. The van der Waals surface area contributed by atoms with Crippen LogP contribution in [0.3, 0.4) is 0 Å². The van der Waals surface area contributed by atoms with E-state index in [9.17, 15) is 8.42 Å². The second kappa shape index (κ2) is 9.46. The lowest BCUT2D eigenvalue weighted by Gasteiger charge is -2.10. The lowest BCUT2D eigenvalue weighted by Crippen LogP contribution is -2.12. The van der Waals surface area contributed by atoms with E-state index in [1.807, 2.05) is 0 Å². The third-order valence-electron chi connectivity index (χ3n) is 3.34. The normalized spacial score (nSPS) is 12.4. The molecule has 0 aliphatic carbocycles. The standard InChI is InChI=1S/C18H17Cl3N2O3S/c1-23(2)11-15(27(24,25)14-8-6-13(19)7-9-14)10-22-26-12-16-17(20)4-3-5-18(16)21/h3-11H,12H2,1-2H3/b15-11+,22-10-. The molecule has 2 rings (SSSR count). The number of rotatable bonds is 7. The zero-order chi connectivity index (χ0) is 20.0. The van der Waals surface area contributed by atoms with Gasteiger partial charge in [0.2, 0.25) is 9.84 Å². The van der Waals surface area contributed by atoms with Gasteiger partial charge in [-0.2, -0.15) is 0 Å². The van der Waals surface area contributed by atoms with Crippen LogP contribution in [-0.4, -0.2) is 33.6 Å². The second-order valence-corrected chi connectivity index (χ2v) is 8.86. The molecule has 5 nitrogen and oxygen atoms in total. The quantitative estimate of drug-likeness (QED) is 0.441. The maximum Gasteiger partial charge on any atom is 0.209 e. The largest absolute Gasteiger partial charge is 0.391 e. The van der Waals surface area contributed by atoms with Crippen molar-refractivity contribution < 1.29 is 13.3 Å². The van der Waals surface area contributed by atoms with E-state index in [1.54, 1.807) is 37.2 Å². The molecule has 144 valence electrons. The molecule has 0 aromatic heterocycles. The van der Waals surface area contributed by atoms with E-state index in [1.165, 1.54) is 30.5 Å². The number of benzene rings is 2. The molecule has 0 aliphatic heterocycles. The van der Waals surface area contributed by atoms with Crippen LogP contribution >= 0.6 is 34.8 Å². The highest BCUT2D eigenvalue weighted by atomic mass is 35.5. The number of nitrogens with zero attached hydrogens (tertiary/aromatic N) is 2. The van der Waals surface area contributed by atoms with E-state index in [2.05, 4.69) is 5.16 Å². The zero-order valence-corrected chi connectivity index (χ0v) is 17.6. The summed E-state index contributed by atoms with van der Waals surface area (Å²) < 4.78 is 25.6. The van der Waals surface area contributed by atoms with Crippen molar-refractivity contribution in [1.29, 1.82) is 0 Å². The molecule has 0 amide bonds. The monoisotopic (exact) mass is 446 g/mol. The molecule has 27 heavy (non-hydrogen) atoms. The lowest BCUT2D eigenvalue weighted by molar-refractivity contribution is 0.132. The van der Waals surface area contributed by atoms with Crippen LogP contribution in [0, 0.1) is 0 Å².